The lowest BCUT2D eigenvalue weighted by atomic mass is 10.1. The van der Waals surface area contributed by atoms with Crippen molar-refractivity contribution < 1.29 is 13.0 Å². The summed E-state index contributed by atoms with van der Waals surface area (Å²) < 4.78 is 30.8. The van der Waals surface area contributed by atoms with Gasteiger partial charge in [-0.05, 0) is 45.7 Å². The minimum Gasteiger partial charge on any atom is -0.382 e. The topological polar surface area (TPSA) is 133 Å². The highest BCUT2D eigenvalue weighted by Gasteiger charge is 2.15. The highest BCUT2D eigenvalue weighted by atomic mass is 32.2. The van der Waals surface area contributed by atoms with Crippen LogP contribution in [0.1, 0.15) is 28.1 Å². The van der Waals surface area contributed by atoms with E-state index in [9.17, 15) is 8.42 Å². The van der Waals surface area contributed by atoms with Gasteiger partial charge in [0.1, 0.15) is 11.3 Å². The van der Waals surface area contributed by atoms with Crippen molar-refractivity contribution in [3.63, 3.8) is 0 Å². The summed E-state index contributed by atoms with van der Waals surface area (Å²) >= 11 is 0. The number of rotatable bonds is 1. The largest absolute Gasteiger partial charge is 0.382 e. The molecule has 5 N–H and O–H groups in total. The lowest BCUT2D eigenvalue weighted by Gasteiger charge is -2.07. The number of hydrogen-bond donors (Lipinski definition) is 4. The predicted octanol–water partition coefficient (Wildman–Crippen LogP) is 1.95. The number of benzene rings is 1. The number of nitrogen functional groups attached to an aromatic ring is 1. The van der Waals surface area contributed by atoms with Gasteiger partial charge in [-0.1, -0.05) is 17.7 Å². The van der Waals surface area contributed by atoms with E-state index in [1.165, 1.54) is 0 Å². The van der Waals surface area contributed by atoms with Crippen LogP contribution in [0.25, 0.3) is 0 Å². The van der Waals surface area contributed by atoms with Gasteiger partial charge in [-0.2, -0.15) is 8.42 Å². The first kappa shape index (κ1) is 18.9. The van der Waals surface area contributed by atoms with Crippen molar-refractivity contribution >= 4 is 15.9 Å². The number of aromatic amines is 1. The van der Waals surface area contributed by atoms with E-state index in [1.54, 1.807) is 39.8 Å². The molecular weight excluding hydrogens is 316 g/mol. The second-order valence-electron chi connectivity index (χ2n) is 5.41. The van der Waals surface area contributed by atoms with Gasteiger partial charge in [-0.3, -0.25) is 9.96 Å². The van der Waals surface area contributed by atoms with Gasteiger partial charge >= 0.3 is 0 Å². The average molecular weight is 338 g/mol. The van der Waals surface area contributed by atoms with Crippen LogP contribution in [0.3, 0.4) is 0 Å². The zero-order valence-electron chi connectivity index (χ0n) is 13.9. The number of anilines is 1. The van der Waals surface area contributed by atoms with E-state index in [2.05, 4.69) is 9.97 Å². The van der Waals surface area contributed by atoms with Crippen molar-refractivity contribution in [3.05, 3.63) is 45.7 Å². The van der Waals surface area contributed by atoms with Crippen LogP contribution in [0, 0.1) is 40.0 Å². The van der Waals surface area contributed by atoms with Crippen molar-refractivity contribution in [1.82, 2.24) is 9.97 Å². The summed E-state index contributed by atoms with van der Waals surface area (Å²) in [6, 6.07) is 3.46. The van der Waals surface area contributed by atoms with E-state index >= 15 is 0 Å². The number of aromatic nitrogens is 2. The van der Waals surface area contributed by atoms with E-state index in [4.69, 9.17) is 15.7 Å². The molecule has 126 valence electrons. The molecule has 0 bridgehead atoms. The first-order valence-electron chi connectivity index (χ1n) is 6.86. The summed E-state index contributed by atoms with van der Waals surface area (Å²) in [6.07, 6.45) is 0. The summed E-state index contributed by atoms with van der Waals surface area (Å²) in [6.45, 7) is 8.76. The lowest BCUT2D eigenvalue weighted by Crippen LogP contribution is -2.15. The Morgan fingerprint density at radius 3 is 2.00 bits per heavy atom. The molecule has 7 nitrogen and oxygen atoms in total. The van der Waals surface area contributed by atoms with Crippen LogP contribution in [-0.2, 0) is 10.1 Å². The second-order valence-corrected chi connectivity index (χ2v) is 6.77. The average Bonchev–Trinajstić information content (AvgIpc) is 2.34. The number of nitrogens with zero attached hydrogens (tertiary/aromatic N) is 1. The van der Waals surface area contributed by atoms with Crippen LogP contribution >= 0.6 is 0 Å². The third kappa shape index (κ3) is 4.90. The maximum Gasteiger partial charge on any atom is 0.295 e. The van der Waals surface area contributed by atoms with E-state index in [0.717, 1.165) is 11.3 Å². The van der Waals surface area contributed by atoms with E-state index in [-0.39, 0.29) is 4.90 Å². The highest BCUT2D eigenvalue weighted by Crippen LogP contribution is 2.20. The molecule has 0 amide bonds. The van der Waals surface area contributed by atoms with Gasteiger partial charge in [0, 0.05) is 0 Å². The van der Waals surface area contributed by atoms with Gasteiger partial charge in [0.2, 0.25) is 0 Å². The fraction of sp³-hybridized carbons (Fsp3) is 0.333. The zero-order valence-corrected chi connectivity index (χ0v) is 14.7. The smallest absolute Gasteiger partial charge is 0.295 e. The first-order chi connectivity index (χ1) is 10.4. The van der Waals surface area contributed by atoms with Crippen LogP contribution in [-0.4, -0.2) is 22.9 Å². The molecule has 0 saturated heterocycles. The first-order valence-corrected chi connectivity index (χ1v) is 8.30. The molecule has 0 spiro atoms. The normalized spacial score (nSPS) is 10.9. The fourth-order valence-corrected chi connectivity index (χ4v) is 3.17. The summed E-state index contributed by atoms with van der Waals surface area (Å²) in [7, 11) is -4.08. The lowest BCUT2D eigenvalue weighted by molar-refractivity contribution is 0.482. The van der Waals surface area contributed by atoms with Crippen LogP contribution in [0.2, 0.25) is 0 Å². The highest BCUT2D eigenvalue weighted by molar-refractivity contribution is 7.86. The van der Waals surface area contributed by atoms with Crippen molar-refractivity contribution in [2.24, 2.45) is 0 Å². The quantitative estimate of drug-likeness (QED) is 0.590. The molecule has 0 atom stereocenters. The fourth-order valence-electron chi connectivity index (χ4n) is 2.24. The Morgan fingerprint density at radius 1 is 1.13 bits per heavy atom. The van der Waals surface area contributed by atoms with Gasteiger partial charge in [-0.15, -0.1) is 0 Å². The molecule has 1 heterocycles. The summed E-state index contributed by atoms with van der Waals surface area (Å²) in [5.41, 5.74) is 9.32. The molecule has 8 heteroatoms. The Hall–Kier alpha value is -2.19. The van der Waals surface area contributed by atoms with E-state index in [0.29, 0.717) is 28.1 Å². The number of nitrogens with two attached hydrogens (primary N) is 1. The Balaban J connectivity index is 0.000000238. The molecule has 0 saturated carbocycles. The Kier molecular flexibility index (Phi) is 5.68. The maximum atomic E-state index is 10.9. The third-order valence-electron chi connectivity index (χ3n) is 3.21. The number of nitrogens with one attached hydrogen (secondary N) is 2. The summed E-state index contributed by atoms with van der Waals surface area (Å²) in [5, 5.41) is 7.28. The Labute approximate surface area is 135 Å². The number of hydrogen-bond acceptors (Lipinski definition) is 5. The number of H-pyrrole nitrogens is 1. The minimum absolute atomic E-state index is 0.0260. The standard InChI is InChI=1S/C9H12O3S.C6H10N4/c1-6-4-7(2)9(8(3)5-6)13(10,11)12;1-3-5(7)10-4(2)6(8)9-3/h4-5H,1-3H3,(H,10,11,12);1-2H3,(H2,8,9)(H2,7,10). The van der Waals surface area contributed by atoms with Crippen molar-refractivity contribution in [2.45, 2.75) is 39.5 Å². The van der Waals surface area contributed by atoms with Gasteiger partial charge in [-0.25, -0.2) is 4.98 Å². The van der Waals surface area contributed by atoms with Gasteiger partial charge in [0.15, 0.2) is 0 Å². The summed E-state index contributed by atoms with van der Waals surface area (Å²) in [5.74, 6) is 0.466. The molecule has 0 aliphatic carbocycles. The Morgan fingerprint density at radius 2 is 1.61 bits per heavy atom. The summed E-state index contributed by atoms with van der Waals surface area (Å²) in [4.78, 5) is 6.74. The zero-order chi connectivity index (χ0) is 17.9. The predicted molar refractivity (Wildman–Crippen MR) is 88.8 cm³/mol. The van der Waals surface area contributed by atoms with E-state index < -0.39 is 10.1 Å². The van der Waals surface area contributed by atoms with Crippen LogP contribution in [0.5, 0.6) is 0 Å². The molecule has 1 aromatic heterocycles. The van der Waals surface area contributed by atoms with Crippen LogP contribution in [0.4, 0.5) is 5.82 Å². The van der Waals surface area contributed by atoms with Crippen molar-refractivity contribution in [3.8, 4) is 0 Å². The molecule has 0 radical (unpaired) electrons. The SMILES string of the molecule is Cc1[nH]c(=N)c(C)nc1N.Cc1cc(C)c(S(=O)(=O)O)c(C)c1. The third-order valence-corrected chi connectivity index (χ3v) is 4.37. The molecule has 1 aromatic carbocycles. The molecule has 0 unspecified atom stereocenters. The van der Waals surface area contributed by atoms with Gasteiger partial charge < -0.3 is 10.7 Å². The molecular formula is C15H22N4O3S. The molecule has 0 aliphatic heterocycles. The number of aryl methyl sites for hydroxylation is 5. The Bertz CT molecular complexity index is 863. The monoisotopic (exact) mass is 338 g/mol. The minimum atomic E-state index is -4.08. The molecule has 0 aliphatic rings. The van der Waals surface area contributed by atoms with Gasteiger partial charge in [0.25, 0.3) is 10.1 Å². The van der Waals surface area contributed by atoms with Crippen LogP contribution < -0.4 is 11.2 Å². The maximum absolute atomic E-state index is 10.9. The van der Waals surface area contributed by atoms with Crippen molar-refractivity contribution in [2.75, 3.05) is 5.73 Å². The molecule has 0 fully saturated rings. The van der Waals surface area contributed by atoms with Crippen LogP contribution in [0.15, 0.2) is 17.0 Å². The van der Waals surface area contributed by atoms with Crippen molar-refractivity contribution in [1.29, 1.82) is 5.41 Å². The molecule has 2 aromatic rings. The molecule has 2 rings (SSSR count). The second kappa shape index (κ2) is 6.93. The van der Waals surface area contributed by atoms with E-state index in [1.807, 2.05) is 6.92 Å². The van der Waals surface area contributed by atoms with Gasteiger partial charge in [0.05, 0.1) is 16.3 Å². The molecule has 23 heavy (non-hydrogen) atoms.